The van der Waals surface area contributed by atoms with Gasteiger partial charge in [-0.05, 0) is 18.6 Å². The van der Waals surface area contributed by atoms with Crippen LogP contribution in [0.5, 0.6) is 0 Å². The molecule has 0 fully saturated rings. The summed E-state index contributed by atoms with van der Waals surface area (Å²) in [6.45, 7) is 1.93. The van der Waals surface area contributed by atoms with Crippen LogP contribution in [0.1, 0.15) is 33.4 Å². The van der Waals surface area contributed by atoms with Gasteiger partial charge in [-0.1, -0.05) is 6.07 Å². The third-order valence-corrected chi connectivity index (χ3v) is 3.18. The molecule has 5 heteroatoms. The van der Waals surface area contributed by atoms with Gasteiger partial charge >= 0.3 is 0 Å². The number of nitrogens with one attached hydrogen (secondary N) is 1. The van der Waals surface area contributed by atoms with E-state index < -0.39 is 0 Å². The summed E-state index contributed by atoms with van der Waals surface area (Å²) in [6.07, 6.45) is 3.51. The molecule has 0 spiro atoms. The second-order valence-electron chi connectivity index (χ2n) is 4.22. The lowest BCUT2D eigenvalue weighted by Gasteiger charge is -2.20. The number of hydrogen-bond donors (Lipinski definition) is 1. The van der Waals surface area contributed by atoms with Crippen LogP contribution in [0.25, 0.3) is 0 Å². The van der Waals surface area contributed by atoms with Gasteiger partial charge in [0.05, 0.1) is 6.04 Å². The van der Waals surface area contributed by atoms with E-state index in [4.69, 9.17) is 0 Å². The Balaban J connectivity index is 2.18. The fourth-order valence-corrected chi connectivity index (χ4v) is 2.34. The standard InChI is InChI=1S/C12H12N4O/c1-7-9-10(15-14-7)12(17)16(2)11(9)8-4-3-5-13-6-8/h3-6,11H,1-2H3,(H,14,15)/t11-/m0/s1. The van der Waals surface area contributed by atoms with Gasteiger partial charge in [0.2, 0.25) is 0 Å². The minimum atomic E-state index is -0.0788. The van der Waals surface area contributed by atoms with E-state index in [1.54, 1.807) is 24.3 Å². The molecule has 2 aromatic rings. The topological polar surface area (TPSA) is 61.9 Å². The summed E-state index contributed by atoms with van der Waals surface area (Å²) in [5.41, 5.74) is 3.43. The zero-order valence-corrected chi connectivity index (χ0v) is 9.64. The first-order valence-electron chi connectivity index (χ1n) is 5.42. The summed E-state index contributed by atoms with van der Waals surface area (Å²) in [7, 11) is 1.79. The molecule has 0 aromatic carbocycles. The van der Waals surface area contributed by atoms with Crippen LogP contribution in [0.4, 0.5) is 0 Å². The summed E-state index contributed by atoms with van der Waals surface area (Å²) < 4.78 is 0. The minimum absolute atomic E-state index is 0.0433. The number of amides is 1. The molecule has 1 N–H and O–H groups in total. The fourth-order valence-electron chi connectivity index (χ4n) is 2.34. The van der Waals surface area contributed by atoms with E-state index in [0.717, 1.165) is 16.8 Å². The number of H-pyrrole nitrogens is 1. The molecule has 0 saturated carbocycles. The van der Waals surface area contributed by atoms with Crippen LogP contribution in [-0.4, -0.2) is 33.0 Å². The molecule has 0 saturated heterocycles. The van der Waals surface area contributed by atoms with Crippen molar-refractivity contribution in [2.24, 2.45) is 0 Å². The van der Waals surface area contributed by atoms with Crippen molar-refractivity contribution in [2.75, 3.05) is 7.05 Å². The molecule has 0 aliphatic carbocycles. The molecule has 0 unspecified atom stereocenters. The van der Waals surface area contributed by atoms with E-state index in [1.807, 2.05) is 19.1 Å². The van der Waals surface area contributed by atoms with Crippen molar-refractivity contribution in [3.8, 4) is 0 Å². The highest BCUT2D eigenvalue weighted by Gasteiger charge is 2.39. The molecular weight excluding hydrogens is 216 g/mol. The van der Waals surface area contributed by atoms with E-state index >= 15 is 0 Å². The number of rotatable bonds is 1. The van der Waals surface area contributed by atoms with Gasteiger partial charge in [-0.2, -0.15) is 5.10 Å². The van der Waals surface area contributed by atoms with E-state index in [9.17, 15) is 4.79 Å². The molecular formula is C12H12N4O. The van der Waals surface area contributed by atoms with Gasteiger partial charge in [0.25, 0.3) is 5.91 Å². The van der Waals surface area contributed by atoms with Crippen molar-refractivity contribution in [1.29, 1.82) is 0 Å². The van der Waals surface area contributed by atoms with Crippen LogP contribution in [0, 0.1) is 6.92 Å². The lowest BCUT2D eigenvalue weighted by molar-refractivity contribution is 0.0787. The van der Waals surface area contributed by atoms with Crippen molar-refractivity contribution in [3.05, 3.63) is 47.0 Å². The molecule has 86 valence electrons. The van der Waals surface area contributed by atoms with Crippen LogP contribution in [-0.2, 0) is 0 Å². The predicted molar refractivity (Wildman–Crippen MR) is 61.5 cm³/mol. The van der Waals surface area contributed by atoms with Crippen molar-refractivity contribution in [2.45, 2.75) is 13.0 Å². The summed E-state index contributed by atoms with van der Waals surface area (Å²) in [5.74, 6) is -0.0433. The van der Waals surface area contributed by atoms with Gasteiger partial charge in [-0.3, -0.25) is 14.9 Å². The predicted octanol–water partition coefficient (Wildman–Crippen LogP) is 1.29. The Bertz CT molecular complexity index is 575. The lowest BCUT2D eigenvalue weighted by atomic mass is 10.0. The second-order valence-corrected chi connectivity index (χ2v) is 4.22. The molecule has 5 nitrogen and oxygen atoms in total. The SMILES string of the molecule is Cc1[nH]nc2c1[C@H](c1cccnc1)N(C)C2=O. The maximum Gasteiger partial charge on any atom is 0.275 e. The maximum atomic E-state index is 12.0. The summed E-state index contributed by atoms with van der Waals surface area (Å²) in [5, 5.41) is 6.94. The van der Waals surface area contributed by atoms with Crippen LogP contribution in [0.15, 0.2) is 24.5 Å². The molecule has 3 rings (SSSR count). The monoisotopic (exact) mass is 228 g/mol. The van der Waals surface area contributed by atoms with Gasteiger partial charge in [-0.15, -0.1) is 0 Å². The van der Waals surface area contributed by atoms with E-state index in [1.165, 1.54) is 0 Å². The normalized spacial score (nSPS) is 18.6. The molecule has 17 heavy (non-hydrogen) atoms. The van der Waals surface area contributed by atoms with Crippen LogP contribution in [0.3, 0.4) is 0 Å². The Labute approximate surface area is 98.5 Å². The number of carbonyl (C=O) groups excluding carboxylic acids is 1. The first-order valence-corrected chi connectivity index (χ1v) is 5.42. The van der Waals surface area contributed by atoms with Gasteiger partial charge in [-0.25, -0.2) is 0 Å². The Kier molecular flexibility index (Phi) is 2.01. The number of aryl methyl sites for hydroxylation is 1. The number of aromatic amines is 1. The number of nitrogens with zero attached hydrogens (tertiary/aromatic N) is 3. The average molecular weight is 228 g/mol. The van der Waals surface area contributed by atoms with Crippen molar-refractivity contribution < 1.29 is 4.79 Å². The third-order valence-electron chi connectivity index (χ3n) is 3.18. The van der Waals surface area contributed by atoms with Crippen molar-refractivity contribution >= 4 is 5.91 Å². The summed E-state index contributed by atoms with van der Waals surface area (Å²) in [6, 6.07) is 3.77. The highest BCUT2D eigenvalue weighted by atomic mass is 16.2. The van der Waals surface area contributed by atoms with Crippen LogP contribution in [0.2, 0.25) is 0 Å². The molecule has 1 atom stereocenters. The Hall–Kier alpha value is -2.17. The molecule has 2 aromatic heterocycles. The number of pyridine rings is 1. The van der Waals surface area contributed by atoms with E-state index in [0.29, 0.717) is 5.69 Å². The fraction of sp³-hybridized carbons (Fsp3) is 0.250. The largest absolute Gasteiger partial charge is 0.329 e. The van der Waals surface area contributed by atoms with Gasteiger partial charge in [0.1, 0.15) is 0 Å². The Morgan fingerprint density at radius 3 is 3.00 bits per heavy atom. The van der Waals surface area contributed by atoms with E-state index in [-0.39, 0.29) is 11.9 Å². The first kappa shape index (κ1) is 10.0. The Morgan fingerprint density at radius 2 is 2.29 bits per heavy atom. The zero-order chi connectivity index (χ0) is 12.0. The molecule has 3 heterocycles. The van der Waals surface area contributed by atoms with Gasteiger partial charge in [0, 0.05) is 30.7 Å². The summed E-state index contributed by atoms with van der Waals surface area (Å²) >= 11 is 0. The highest BCUT2D eigenvalue weighted by molar-refractivity contribution is 5.98. The quantitative estimate of drug-likeness (QED) is 0.800. The summed E-state index contributed by atoms with van der Waals surface area (Å²) in [4.78, 5) is 17.8. The number of fused-ring (bicyclic) bond motifs is 1. The lowest BCUT2D eigenvalue weighted by Crippen LogP contribution is -2.24. The number of carbonyl (C=O) groups is 1. The third kappa shape index (κ3) is 1.28. The highest BCUT2D eigenvalue weighted by Crippen LogP contribution is 2.37. The zero-order valence-electron chi connectivity index (χ0n) is 9.64. The maximum absolute atomic E-state index is 12.0. The van der Waals surface area contributed by atoms with Crippen LogP contribution >= 0.6 is 0 Å². The van der Waals surface area contributed by atoms with E-state index in [2.05, 4.69) is 15.2 Å². The second kappa shape index (κ2) is 3.41. The molecule has 0 radical (unpaired) electrons. The Morgan fingerprint density at radius 1 is 1.47 bits per heavy atom. The minimum Gasteiger partial charge on any atom is -0.329 e. The van der Waals surface area contributed by atoms with Gasteiger partial charge in [0.15, 0.2) is 5.69 Å². The van der Waals surface area contributed by atoms with Crippen molar-refractivity contribution in [3.63, 3.8) is 0 Å². The van der Waals surface area contributed by atoms with Gasteiger partial charge < -0.3 is 4.90 Å². The first-order chi connectivity index (χ1) is 8.20. The number of aromatic nitrogens is 3. The van der Waals surface area contributed by atoms with Crippen LogP contribution < -0.4 is 0 Å². The molecule has 1 aliphatic rings. The molecule has 1 aliphatic heterocycles. The smallest absolute Gasteiger partial charge is 0.275 e. The average Bonchev–Trinajstić information content (AvgIpc) is 2.83. The van der Waals surface area contributed by atoms with Crippen molar-refractivity contribution in [1.82, 2.24) is 20.1 Å². The molecule has 0 bridgehead atoms. The number of hydrogen-bond acceptors (Lipinski definition) is 3. The molecule has 1 amide bonds.